The highest BCUT2D eigenvalue weighted by atomic mass is 35.5. The Labute approximate surface area is 121 Å². The molecule has 1 aromatic heterocycles. The first-order valence-corrected chi connectivity index (χ1v) is 6.91. The molecule has 1 aliphatic rings. The predicted octanol–water partition coefficient (Wildman–Crippen LogP) is 2.70. The van der Waals surface area contributed by atoms with Crippen molar-refractivity contribution in [2.45, 2.75) is 19.9 Å². The van der Waals surface area contributed by atoms with Gasteiger partial charge in [-0.2, -0.15) is 0 Å². The van der Waals surface area contributed by atoms with Crippen LogP contribution in [0.3, 0.4) is 0 Å². The fraction of sp³-hybridized carbons (Fsp3) is 0.429. The first-order valence-electron chi connectivity index (χ1n) is 6.53. The van der Waals surface area contributed by atoms with Crippen LogP contribution in [0.2, 0.25) is 5.02 Å². The van der Waals surface area contributed by atoms with Crippen LogP contribution in [0.15, 0.2) is 16.5 Å². The molecule has 1 unspecified atom stereocenters. The molecule has 1 atom stereocenters. The van der Waals surface area contributed by atoms with Gasteiger partial charge in [0.2, 0.25) is 0 Å². The molecule has 0 radical (unpaired) electrons. The zero-order valence-corrected chi connectivity index (χ0v) is 11.9. The smallest absolute Gasteiger partial charge is 0.307 e. The molecular formula is C14H15ClN2O3. The summed E-state index contributed by atoms with van der Waals surface area (Å²) in [5.41, 5.74) is 2.39. The number of hydrogen-bond donors (Lipinski definition) is 1. The van der Waals surface area contributed by atoms with Gasteiger partial charge in [-0.15, -0.1) is 0 Å². The normalized spacial score (nSPS) is 19.8. The summed E-state index contributed by atoms with van der Waals surface area (Å²) in [6.45, 7) is 3.85. The van der Waals surface area contributed by atoms with Crippen LogP contribution in [-0.4, -0.2) is 34.0 Å². The molecule has 1 aromatic carbocycles. The van der Waals surface area contributed by atoms with Gasteiger partial charge in [-0.25, -0.2) is 4.98 Å². The number of nitrogens with zero attached hydrogens (tertiary/aromatic N) is 2. The molecule has 0 spiro atoms. The molecule has 1 fully saturated rings. The maximum Gasteiger partial charge on any atom is 0.307 e. The first kappa shape index (κ1) is 13.4. The third-order valence-corrected chi connectivity index (χ3v) is 3.92. The minimum atomic E-state index is -0.715. The van der Waals surface area contributed by atoms with Crippen molar-refractivity contribution in [1.29, 1.82) is 0 Å². The maximum atomic E-state index is 11.0. The zero-order chi connectivity index (χ0) is 14.3. The molecule has 20 heavy (non-hydrogen) atoms. The van der Waals surface area contributed by atoms with Gasteiger partial charge >= 0.3 is 5.97 Å². The molecule has 5 nitrogen and oxygen atoms in total. The second kappa shape index (κ2) is 5.07. The van der Waals surface area contributed by atoms with E-state index < -0.39 is 5.97 Å². The number of fused-ring (bicyclic) bond motifs is 1. The number of aryl methyl sites for hydroxylation is 1. The molecule has 1 aliphatic heterocycles. The van der Waals surface area contributed by atoms with E-state index in [1.54, 1.807) is 6.92 Å². The number of likely N-dealkylation sites (tertiary alicyclic amines) is 1. The van der Waals surface area contributed by atoms with Crippen LogP contribution in [0.25, 0.3) is 11.1 Å². The summed E-state index contributed by atoms with van der Waals surface area (Å²) in [5.74, 6) is -0.386. The highest BCUT2D eigenvalue weighted by Crippen LogP contribution is 2.27. The van der Waals surface area contributed by atoms with Crippen molar-refractivity contribution >= 4 is 28.7 Å². The van der Waals surface area contributed by atoms with Gasteiger partial charge < -0.3 is 9.52 Å². The molecule has 6 heteroatoms. The van der Waals surface area contributed by atoms with Crippen molar-refractivity contribution < 1.29 is 14.3 Å². The van der Waals surface area contributed by atoms with Crippen molar-refractivity contribution in [3.63, 3.8) is 0 Å². The Hall–Kier alpha value is -1.59. The molecule has 2 aromatic rings. The van der Waals surface area contributed by atoms with E-state index in [9.17, 15) is 4.79 Å². The Balaban J connectivity index is 1.80. The van der Waals surface area contributed by atoms with Crippen LogP contribution in [-0.2, 0) is 11.3 Å². The molecule has 0 saturated carbocycles. The average Bonchev–Trinajstić information content (AvgIpc) is 2.95. The van der Waals surface area contributed by atoms with Gasteiger partial charge in [-0.05, 0) is 30.7 Å². The lowest BCUT2D eigenvalue weighted by Gasteiger charge is -2.15. The van der Waals surface area contributed by atoms with Gasteiger partial charge in [0, 0.05) is 20.0 Å². The molecule has 3 rings (SSSR count). The lowest BCUT2D eigenvalue weighted by Crippen LogP contribution is -2.22. The number of rotatable bonds is 3. The number of carbonyl (C=O) groups is 1. The van der Waals surface area contributed by atoms with Gasteiger partial charge in [0.1, 0.15) is 5.52 Å². The second-order valence-corrected chi connectivity index (χ2v) is 5.62. The van der Waals surface area contributed by atoms with Crippen molar-refractivity contribution in [2.75, 3.05) is 13.1 Å². The molecule has 0 amide bonds. The molecule has 0 aliphatic carbocycles. The number of halogens is 1. The van der Waals surface area contributed by atoms with Crippen molar-refractivity contribution in [1.82, 2.24) is 9.88 Å². The Morgan fingerprint density at radius 2 is 2.40 bits per heavy atom. The molecular weight excluding hydrogens is 280 g/mol. The van der Waals surface area contributed by atoms with Crippen LogP contribution in [0.5, 0.6) is 0 Å². The number of carboxylic acids is 1. The number of aliphatic carboxylic acids is 1. The number of hydrogen-bond acceptors (Lipinski definition) is 4. The fourth-order valence-electron chi connectivity index (χ4n) is 2.69. The standard InChI is InChI=1S/C14H15ClN2O3/c1-8-16-12-5-9(4-11(15)13(12)20-8)6-17-3-2-10(7-17)14(18)19/h4-5,10H,2-3,6-7H2,1H3,(H,18,19). The number of oxazole rings is 1. The van der Waals surface area contributed by atoms with Gasteiger partial charge in [-0.3, -0.25) is 9.69 Å². The molecule has 1 saturated heterocycles. The molecule has 0 bridgehead atoms. The van der Waals surface area contributed by atoms with Crippen LogP contribution in [0.1, 0.15) is 17.9 Å². The summed E-state index contributed by atoms with van der Waals surface area (Å²) in [7, 11) is 0. The maximum absolute atomic E-state index is 11.0. The van der Waals surface area contributed by atoms with E-state index in [1.165, 1.54) is 0 Å². The van der Waals surface area contributed by atoms with E-state index in [0.29, 0.717) is 36.0 Å². The average molecular weight is 295 g/mol. The first-order chi connectivity index (χ1) is 9.52. The highest BCUT2D eigenvalue weighted by Gasteiger charge is 2.27. The minimum absolute atomic E-state index is 0.261. The number of benzene rings is 1. The lowest BCUT2D eigenvalue weighted by atomic mass is 10.1. The van der Waals surface area contributed by atoms with Crippen LogP contribution in [0, 0.1) is 12.8 Å². The lowest BCUT2D eigenvalue weighted by molar-refractivity contribution is -0.141. The summed E-state index contributed by atoms with van der Waals surface area (Å²) in [4.78, 5) is 17.4. The van der Waals surface area contributed by atoms with Crippen LogP contribution >= 0.6 is 11.6 Å². The quantitative estimate of drug-likeness (QED) is 0.943. The third kappa shape index (κ3) is 2.51. The van der Waals surface area contributed by atoms with E-state index in [0.717, 1.165) is 17.6 Å². The fourth-order valence-corrected chi connectivity index (χ4v) is 2.96. The summed E-state index contributed by atoms with van der Waals surface area (Å²) in [6, 6.07) is 3.81. The van der Waals surface area contributed by atoms with Gasteiger partial charge in [0.05, 0.1) is 10.9 Å². The SMILES string of the molecule is Cc1nc2cc(CN3CCC(C(=O)O)C3)cc(Cl)c2o1. The van der Waals surface area contributed by atoms with Crippen molar-refractivity contribution in [3.05, 3.63) is 28.6 Å². The summed E-state index contributed by atoms with van der Waals surface area (Å²) < 4.78 is 5.44. The predicted molar refractivity (Wildman–Crippen MR) is 74.8 cm³/mol. The number of aromatic nitrogens is 1. The van der Waals surface area contributed by atoms with Gasteiger partial charge in [-0.1, -0.05) is 11.6 Å². The topological polar surface area (TPSA) is 66.6 Å². The van der Waals surface area contributed by atoms with Gasteiger partial charge in [0.15, 0.2) is 11.5 Å². The van der Waals surface area contributed by atoms with Gasteiger partial charge in [0.25, 0.3) is 0 Å². The molecule has 2 heterocycles. The monoisotopic (exact) mass is 294 g/mol. The summed E-state index contributed by atoms with van der Waals surface area (Å²) in [5, 5.41) is 9.56. The van der Waals surface area contributed by atoms with Crippen molar-refractivity contribution in [2.24, 2.45) is 5.92 Å². The van der Waals surface area contributed by atoms with Crippen molar-refractivity contribution in [3.8, 4) is 0 Å². The summed E-state index contributed by atoms with van der Waals surface area (Å²) in [6.07, 6.45) is 0.703. The summed E-state index contributed by atoms with van der Waals surface area (Å²) >= 11 is 6.19. The largest absolute Gasteiger partial charge is 0.481 e. The second-order valence-electron chi connectivity index (χ2n) is 5.22. The van der Waals surface area contributed by atoms with Crippen LogP contribution in [0.4, 0.5) is 0 Å². The van der Waals surface area contributed by atoms with E-state index in [4.69, 9.17) is 21.1 Å². The van der Waals surface area contributed by atoms with E-state index in [2.05, 4.69) is 9.88 Å². The Morgan fingerprint density at radius 1 is 1.60 bits per heavy atom. The van der Waals surface area contributed by atoms with E-state index in [1.807, 2.05) is 12.1 Å². The van der Waals surface area contributed by atoms with E-state index >= 15 is 0 Å². The minimum Gasteiger partial charge on any atom is -0.481 e. The third-order valence-electron chi connectivity index (χ3n) is 3.64. The Morgan fingerprint density at radius 3 is 3.10 bits per heavy atom. The zero-order valence-electron chi connectivity index (χ0n) is 11.1. The number of carboxylic acid groups (broad SMARTS) is 1. The van der Waals surface area contributed by atoms with Crippen LogP contribution < -0.4 is 0 Å². The van der Waals surface area contributed by atoms with E-state index in [-0.39, 0.29) is 5.92 Å². The molecule has 106 valence electrons. The highest BCUT2D eigenvalue weighted by molar-refractivity contribution is 6.34. The Bertz CT molecular complexity index is 668. The Kier molecular flexibility index (Phi) is 3.40. The molecule has 1 N–H and O–H groups in total.